The minimum absolute atomic E-state index is 0.278. The number of rotatable bonds is 3. The van der Waals surface area contributed by atoms with Crippen LogP contribution >= 0.6 is 0 Å². The number of imidazole rings is 1. The summed E-state index contributed by atoms with van der Waals surface area (Å²) in [5.74, 6) is 3.35. The van der Waals surface area contributed by atoms with Crippen LogP contribution in [0.25, 0.3) is 11.0 Å². The molecule has 1 fully saturated rings. The molecule has 0 unspecified atom stereocenters. The van der Waals surface area contributed by atoms with Gasteiger partial charge >= 0.3 is 0 Å². The number of benzene rings is 1. The summed E-state index contributed by atoms with van der Waals surface area (Å²) < 4.78 is 13.7. The maximum absolute atomic E-state index is 6.28. The predicted octanol–water partition coefficient (Wildman–Crippen LogP) is 2.81. The highest BCUT2D eigenvalue weighted by Crippen LogP contribution is 2.40. The lowest BCUT2D eigenvalue weighted by Gasteiger charge is -2.28. The van der Waals surface area contributed by atoms with E-state index in [0.717, 1.165) is 29.1 Å². The van der Waals surface area contributed by atoms with E-state index in [1.54, 1.807) is 0 Å². The van der Waals surface area contributed by atoms with Crippen LogP contribution in [0.15, 0.2) is 12.1 Å². The molecule has 0 amide bonds. The Morgan fingerprint density at radius 3 is 2.50 bits per heavy atom. The smallest absolute Gasteiger partial charge is 0.163 e. The summed E-state index contributed by atoms with van der Waals surface area (Å²) in [5, 5.41) is 0. The maximum Gasteiger partial charge on any atom is 0.163 e. The average molecular weight is 301 g/mol. The Kier molecular flexibility index (Phi) is 3.08. The molecule has 2 aromatic rings. The molecule has 1 aromatic carbocycles. The Morgan fingerprint density at radius 2 is 1.91 bits per heavy atom. The van der Waals surface area contributed by atoms with Gasteiger partial charge in [-0.25, -0.2) is 4.98 Å². The van der Waals surface area contributed by atoms with Crippen molar-refractivity contribution in [2.24, 2.45) is 5.73 Å². The zero-order valence-electron chi connectivity index (χ0n) is 13.3. The van der Waals surface area contributed by atoms with E-state index in [2.05, 4.69) is 24.5 Å². The van der Waals surface area contributed by atoms with Crippen LogP contribution in [0.5, 0.6) is 11.5 Å². The summed E-state index contributed by atoms with van der Waals surface area (Å²) in [4.78, 5) is 4.90. The van der Waals surface area contributed by atoms with E-state index in [9.17, 15) is 0 Å². The minimum atomic E-state index is -0.278. The number of aromatic nitrogens is 2. The van der Waals surface area contributed by atoms with Crippen molar-refractivity contribution < 1.29 is 9.47 Å². The van der Waals surface area contributed by atoms with Crippen LogP contribution in [0.1, 0.15) is 44.9 Å². The molecular weight excluding hydrogens is 278 g/mol. The van der Waals surface area contributed by atoms with E-state index in [1.807, 2.05) is 6.07 Å². The maximum atomic E-state index is 6.28. The standard InChI is InChI=1S/C17H23N3O2/c1-17(2,18)10-20-13-9-15-14(21-6-7-22-15)8-12(13)19-16(20)11-4-3-5-11/h8-9,11H,3-7,10,18H2,1-2H3. The van der Waals surface area contributed by atoms with Crippen molar-refractivity contribution in [1.82, 2.24) is 9.55 Å². The summed E-state index contributed by atoms with van der Waals surface area (Å²) >= 11 is 0. The molecule has 1 saturated carbocycles. The van der Waals surface area contributed by atoms with Gasteiger partial charge < -0.3 is 19.8 Å². The van der Waals surface area contributed by atoms with Crippen LogP contribution in [0.2, 0.25) is 0 Å². The number of hydrogen-bond donors (Lipinski definition) is 1. The van der Waals surface area contributed by atoms with Crippen LogP contribution in [-0.2, 0) is 6.54 Å². The van der Waals surface area contributed by atoms with Crippen molar-refractivity contribution >= 4 is 11.0 Å². The van der Waals surface area contributed by atoms with Crippen LogP contribution < -0.4 is 15.2 Å². The molecule has 0 saturated heterocycles. The molecule has 118 valence electrons. The summed E-state index contributed by atoms with van der Waals surface area (Å²) in [6, 6.07) is 4.07. The van der Waals surface area contributed by atoms with Gasteiger partial charge in [0, 0.05) is 30.1 Å². The molecule has 1 aromatic heterocycles. The molecule has 0 radical (unpaired) electrons. The molecule has 2 aliphatic rings. The Balaban J connectivity index is 1.87. The zero-order valence-corrected chi connectivity index (χ0v) is 13.3. The molecule has 0 atom stereocenters. The number of fused-ring (bicyclic) bond motifs is 2. The van der Waals surface area contributed by atoms with Crippen LogP contribution in [-0.4, -0.2) is 28.3 Å². The first-order chi connectivity index (χ1) is 10.5. The Bertz CT molecular complexity index is 711. The van der Waals surface area contributed by atoms with Gasteiger partial charge in [0.05, 0.1) is 11.0 Å². The predicted molar refractivity (Wildman–Crippen MR) is 85.6 cm³/mol. The molecule has 4 rings (SSSR count). The fourth-order valence-corrected chi connectivity index (χ4v) is 3.23. The minimum Gasteiger partial charge on any atom is -0.486 e. The van der Waals surface area contributed by atoms with E-state index in [4.69, 9.17) is 20.2 Å². The molecule has 5 heteroatoms. The average Bonchev–Trinajstić information content (AvgIpc) is 2.70. The van der Waals surface area contributed by atoms with Crippen molar-refractivity contribution in [2.75, 3.05) is 13.2 Å². The highest BCUT2D eigenvalue weighted by Gasteiger charge is 2.28. The van der Waals surface area contributed by atoms with E-state index < -0.39 is 0 Å². The fraction of sp³-hybridized carbons (Fsp3) is 0.588. The molecule has 2 N–H and O–H groups in total. The van der Waals surface area contributed by atoms with Crippen LogP contribution in [0.4, 0.5) is 0 Å². The van der Waals surface area contributed by atoms with E-state index >= 15 is 0 Å². The number of ether oxygens (including phenoxy) is 2. The van der Waals surface area contributed by atoms with Crippen LogP contribution in [0.3, 0.4) is 0 Å². The molecule has 5 nitrogen and oxygen atoms in total. The van der Waals surface area contributed by atoms with Gasteiger partial charge in [-0.2, -0.15) is 0 Å². The fourth-order valence-electron chi connectivity index (χ4n) is 3.23. The first-order valence-electron chi connectivity index (χ1n) is 8.10. The lowest BCUT2D eigenvalue weighted by atomic mass is 9.84. The lowest BCUT2D eigenvalue weighted by molar-refractivity contribution is 0.172. The van der Waals surface area contributed by atoms with Gasteiger partial charge in [0.2, 0.25) is 0 Å². The van der Waals surface area contributed by atoms with Gasteiger partial charge in [0.25, 0.3) is 0 Å². The molecule has 2 heterocycles. The first-order valence-corrected chi connectivity index (χ1v) is 8.10. The largest absolute Gasteiger partial charge is 0.486 e. The topological polar surface area (TPSA) is 62.3 Å². The Labute approximate surface area is 130 Å². The second-order valence-corrected chi connectivity index (χ2v) is 7.16. The van der Waals surface area contributed by atoms with Gasteiger partial charge in [0.15, 0.2) is 11.5 Å². The molecule has 1 aliphatic heterocycles. The third kappa shape index (κ3) is 2.33. The third-order valence-electron chi connectivity index (χ3n) is 4.48. The summed E-state index contributed by atoms with van der Waals surface area (Å²) in [5.41, 5.74) is 8.08. The third-order valence-corrected chi connectivity index (χ3v) is 4.48. The SMILES string of the molecule is CC(C)(N)Cn1c(C2CCC2)nc2cc3c(cc21)OCCO3. The second kappa shape index (κ2) is 4.88. The van der Waals surface area contributed by atoms with E-state index in [0.29, 0.717) is 19.1 Å². The first kappa shape index (κ1) is 13.9. The van der Waals surface area contributed by atoms with Gasteiger partial charge in [-0.3, -0.25) is 0 Å². The quantitative estimate of drug-likeness (QED) is 0.947. The Hall–Kier alpha value is -1.75. The van der Waals surface area contributed by atoms with Gasteiger partial charge in [-0.15, -0.1) is 0 Å². The molecule has 0 spiro atoms. The highest BCUT2D eigenvalue weighted by atomic mass is 16.6. The highest BCUT2D eigenvalue weighted by molar-refractivity contribution is 5.81. The zero-order chi connectivity index (χ0) is 15.3. The van der Waals surface area contributed by atoms with Gasteiger partial charge in [0.1, 0.15) is 19.0 Å². The summed E-state index contributed by atoms with van der Waals surface area (Å²) in [7, 11) is 0. The van der Waals surface area contributed by atoms with Crippen molar-refractivity contribution in [3.63, 3.8) is 0 Å². The Morgan fingerprint density at radius 1 is 1.23 bits per heavy atom. The van der Waals surface area contributed by atoms with E-state index in [-0.39, 0.29) is 5.54 Å². The molecule has 22 heavy (non-hydrogen) atoms. The summed E-state index contributed by atoms with van der Waals surface area (Å²) in [6.07, 6.45) is 3.74. The number of hydrogen-bond acceptors (Lipinski definition) is 4. The molecule has 0 bridgehead atoms. The molecular formula is C17H23N3O2. The van der Waals surface area contributed by atoms with E-state index in [1.165, 1.54) is 25.1 Å². The van der Waals surface area contributed by atoms with Crippen LogP contribution in [0, 0.1) is 0 Å². The molecule has 1 aliphatic carbocycles. The monoisotopic (exact) mass is 301 g/mol. The number of nitrogens with zero attached hydrogens (tertiary/aromatic N) is 2. The van der Waals surface area contributed by atoms with Crippen molar-refractivity contribution in [1.29, 1.82) is 0 Å². The summed E-state index contributed by atoms with van der Waals surface area (Å²) in [6.45, 7) is 6.08. The van der Waals surface area contributed by atoms with Crippen molar-refractivity contribution in [3.05, 3.63) is 18.0 Å². The van der Waals surface area contributed by atoms with Gasteiger partial charge in [-0.05, 0) is 26.7 Å². The van der Waals surface area contributed by atoms with Crippen molar-refractivity contribution in [3.8, 4) is 11.5 Å². The number of nitrogens with two attached hydrogens (primary N) is 1. The van der Waals surface area contributed by atoms with Gasteiger partial charge in [-0.1, -0.05) is 6.42 Å². The second-order valence-electron chi connectivity index (χ2n) is 7.16. The van der Waals surface area contributed by atoms with Crippen molar-refractivity contribution in [2.45, 2.75) is 51.1 Å². The lowest BCUT2D eigenvalue weighted by Crippen LogP contribution is -2.38. The normalized spacial score (nSPS) is 18.5.